The first-order chi connectivity index (χ1) is 9.81. The minimum atomic E-state index is -1.45. The van der Waals surface area contributed by atoms with Gasteiger partial charge in [0.15, 0.2) is 11.6 Å². The third-order valence-corrected chi connectivity index (χ3v) is 3.66. The van der Waals surface area contributed by atoms with Crippen molar-refractivity contribution in [2.75, 3.05) is 5.32 Å². The Morgan fingerprint density at radius 1 is 1.19 bits per heavy atom. The first kappa shape index (κ1) is 15.2. The van der Waals surface area contributed by atoms with E-state index in [2.05, 4.69) is 10.6 Å². The van der Waals surface area contributed by atoms with E-state index in [1.54, 1.807) is 0 Å². The van der Waals surface area contributed by atoms with Crippen LogP contribution in [0, 0.1) is 11.6 Å². The maximum atomic E-state index is 13.2. The Hall–Kier alpha value is -2.18. The van der Waals surface area contributed by atoms with E-state index in [1.807, 2.05) is 6.92 Å². The van der Waals surface area contributed by atoms with Crippen LogP contribution in [0.5, 0.6) is 0 Å². The van der Waals surface area contributed by atoms with Crippen LogP contribution in [0.3, 0.4) is 0 Å². The summed E-state index contributed by atoms with van der Waals surface area (Å²) in [7, 11) is 0. The van der Waals surface area contributed by atoms with Gasteiger partial charge in [0.05, 0.1) is 11.3 Å². The molecule has 1 aromatic rings. The molecule has 0 heterocycles. The third kappa shape index (κ3) is 3.48. The summed E-state index contributed by atoms with van der Waals surface area (Å²) in [5.74, 6) is -3.94. The molecule has 0 bridgehead atoms. The molecule has 1 aliphatic carbocycles. The summed E-state index contributed by atoms with van der Waals surface area (Å²) >= 11 is 0. The Kier molecular flexibility index (Phi) is 4.11. The molecule has 1 aromatic carbocycles. The second-order valence-corrected chi connectivity index (χ2v) is 5.46. The highest BCUT2D eigenvalue weighted by Gasteiger charge is 2.30. The molecular weight excluding hydrogens is 282 g/mol. The number of anilines is 1. The molecule has 0 aliphatic heterocycles. The van der Waals surface area contributed by atoms with Gasteiger partial charge in [-0.1, -0.05) is 12.8 Å². The van der Waals surface area contributed by atoms with Crippen LogP contribution >= 0.6 is 0 Å². The van der Waals surface area contributed by atoms with Crippen LogP contribution in [0.4, 0.5) is 19.3 Å². The lowest BCUT2D eigenvalue weighted by Crippen LogP contribution is -2.45. The molecule has 0 atom stereocenters. The number of halogens is 2. The van der Waals surface area contributed by atoms with E-state index in [4.69, 9.17) is 5.11 Å². The third-order valence-electron chi connectivity index (χ3n) is 3.66. The van der Waals surface area contributed by atoms with E-state index < -0.39 is 29.2 Å². The Bertz CT molecular complexity index is 584. The van der Waals surface area contributed by atoms with E-state index in [0.717, 1.165) is 25.7 Å². The number of hydrogen-bond donors (Lipinski definition) is 3. The Labute approximate surface area is 120 Å². The van der Waals surface area contributed by atoms with E-state index in [-0.39, 0.29) is 11.2 Å². The highest BCUT2D eigenvalue weighted by Crippen LogP contribution is 2.29. The summed E-state index contributed by atoms with van der Waals surface area (Å²) in [6.07, 6.45) is 3.65. The van der Waals surface area contributed by atoms with Crippen molar-refractivity contribution in [3.05, 3.63) is 29.3 Å². The Balaban J connectivity index is 2.16. The highest BCUT2D eigenvalue weighted by molar-refractivity contribution is 6.00. The van der Waals surface area contributed by atoms with Crippen molar-refractivity contribution in [2.45, 2.75) is 38.1 Å². The number of amides is 2. The number of carboxylic acid groups (broad SMARTS) is 1. The molecule has 0 spiro atoms. The molecule has 21 heavy (non-hydrogen) atoms. The average Bonchev–Trinajstić information content (AvgIpc) is 2.79. The summed E-state index contributed by atoms with van der Waals surface area (Å²) in [5, 5.41) is 14.0. The van der Waals surface area contributed by atoms with Crippen molar-refractivity contribution in [3.8, 4) is 0 Å². The van der Waals surface area contributed by atoms with Crippen molar-refractivity contribution >= 4 is 17.7 Å². The van der Waals surface area contributed by atoms with Crippen molar-refractivity contribution in [2.24, 2.45) is 0 Å². The number of benzene rings is 1. The molecule has 5 nitrogen and oxygen atoms in total. The number of nitrogens with one attached hydrogen (secondary N) is 2. The fourth-order valence-electron chi connectivity index (χ4n) is 2.54. The molecule has 0 aromatic heterocycles. The van der Waals surface area contributed by atoms with E-state index in [0.29, 0.717) is 12.1 Å². The van der Waals surface area contributed by atoms with Crippen LogP contribution in [-0.4, -0.2) is 22.6 Å². The van der Waals surface area contributed by atoms with Crippen LogP contribution in [0.2, 0.25) is 0 Å². The smallest absolute Gasteiger partial charge is 0.337 e. The molecule has 0 radical (unpaired) electrons. The number of carbonyl (C=O) groups is 2. The highest BCUT2D eigenvalue weighted by atomic mass is 19.2. The van der Waals surface area contributed by atoms with Gasteiger partial charge in [0.25, 0.3) is 0 Å². The van der Waals surface area contributed by atoms with Crippen LogP contribution in [0.15, 0.2) is 12.1 Å². The predicted molar refractivity (Wildman–Crippen MR) is 72.3 cm³/mol. The maximum Gasteiger partial charge on any atom is 0.337 e. The molecule has 0 saturated heterocycles. The summed E-state index contributed by atoms with van der Waals surface area (Å²) in [5.41, 5.74) is -1.13. The monoisotopic (exact) mass is 298 g/mol. The zero-order valence-corrected chi connectivity index (χ0v) is 11.5. The van der Waals surface area contributed by atoms with Gasteiger partial charge in [0.1, 0.15) is 0 Å². The topological polar surface area (TPSA) is 78.4 Å². The fraction of sp³-hybridized carbons (Fsp3) is 0.429. The number of carbonyl (C=O) groups excluding carboxylic acids is 1. The van der Waals surface area contributed by atoms with E-state index in [9.17, 15) is 18.4 Å². The largest absolute Gasteiger partial charge is 0.478 e. The van der Waals surface area contributed by atoms with Crippen LogP contribution in [-0.2, 0) is 0 Å². The van der Waals surface area contributed by atoms with Gasteiger partial charge in [0, 0.05) is 11.6 Å². The van der Waals surface area contributed by atoms with Gasteiger partial charge in [-0.15, -0.1) is 0 Å². The summed E-state index contributed by atoms with van der Waals surface area (Å²) < 4.78 is 26.3. The molecule has 114 valence electrons. The van der Waals surface area contributed by atoms with E-state index >= 15 is 0 Å². The number of rotatable bonds is 3. The van der Waals surface area contributed by atoms with Crippen molar-refractivity contribution in [3.63, 3.8) is 0 Å². The first-order valence-corrected chi connectivity index (χ1v) is 6.62. The van der Waals surface area contributed by atoms with Crippen molar-refractivity contribution in [1.29, 1.82) is 0 Å². The molecule has 0 unspecified atom stereocenters. The molecule has 1 aliphatic rings. The van der Waals surface area contributed by atoms with Gasteiger partial charge in [-0.2, -0.15) is 0 Å². The first-order valence-electron chi connectivity index (χ1n) is 6.62. The molecule has 1 fully saturated rings. The second-order valence-electron chi connectivity index (χ2n) is 5.46. The standard InChI is InChI=1S/C14H16F2N2O3/c1-14(4-2-3-5-14)18-13(21)17-11-7-10(16)9(15)6-8(11)12(19)20/h6-7H,2-5H2,1H3,(H,19,20)(H2,17,18,21). The van der Waals surface area contributed by atoms with Crippen LogP contribution < -0.4 is 10.6 Å². The van der Waals surface area contributed by atoms with Gasteiger partial charge < -0.3 is 15.7 Å². The van der Waals surface area contributed by atoms with Crippen molar-refractivity contribution < 1.29 is 23.5 Å². The number of carboxylic acids is 1. The Morgan fingerprint density at radius 3 is 2.33 bits per heavy atom. The Morgan fingerprint density at radius 2 is 1.76 bits per heavy atom. The SMILES string of the molecule is CC1(NC(=O)Nc2cc(F)c(F)cc2C(=O)O)CCCC1. The van der Waals surface area contributed by atoms with Crippen LogP contribution in [0.1, 0.15) is 43.0 Å². The van der Waals surface area contributed by atoms with Gasteiger partial charge in [-0.05, 0) is 25.8 Å². The second kappa shape index (κ2) is 5.67. The number of hydrogen-bond acceptors (Lipinski definition) is 2. The van der Waals surface area contributed by atoms with Gasteiger partial charge in [-0.3, -0.25) is 0 Å². The molecule has 7 heteroatoms. The molecule has 1 saturated carbocycles. The summed E-state index contributed by atoms with van der Waals surface area (Å²) in [6, 6.07) is 0.577. The predicted octanol–water partition coefficient (Wildman–Crippen LogP) is 3.12. The molecular formula is C14H16F2N2O3. The molecule has 2 rings (SSSR count). The average molecular weight is 298 g/mol. The lowest BCUT2D eigenvalue weighted by atomic mass is 10.0. The van der Waals surface area contributed by atoms with E-state index in [1.165, 1.54) is 0 Å². The lowest BCUT2D eigenvalue weighted by molar-refractivity contribution is 0.0697. The number of aromatic carboxylic acids is 1. The summed E-state index contributed by atoms with van der Waals surface area (Å²) in [6.45, 7) is 1.89. The zero-order chi connectivity index (χ0) is 15.6. The van der Waals surface area contributed by atoms with Gasteiger partial charge in [-0.25, -0.2) is 18.4 Å². The summed E-state index contributed by atoms with van der Waals surface area (Å²) in [4.78, 5) is 22.9. The molecule has 2 amide bonds. The van der Waals surface area contributed by atoms with Gasteiger partial charge >= 0.3 is 12.0 Å². The normalized spacial score (nSPS) is 16.5. The quantitative estimate of drug-likeness (QED) is 0.802. The zero-order valence-electron chi connectivity index (χ0n) is 11.5. The minimum Gasteiger partial charge on any atom is -0.478 e. The molecule has 3 N–H and O–H groups in total. The van der Waals surface area contributed by atoms with Gasteiger partial charge in [0.2, 0.25) is 0 Å². The van der Waals surface area contributed by atoms with Crippen molar-refractivity contribution in [1.82, 2.24) is 5.32 Å². The fourth-order valence-corrected chi connectivity index (χ4v) is 2.54. The maximum absolute atomic E-state index is 13.2. The lowest BCUT2D eigenvalue weighted by Gasteiger charge is -2.25. The minimum absolute atomic E-state index is 0.277. The van der Waals surface area contributed by atoms with Crippen LogP contribution in [0.25, 0.3) is 0 Å². The number of urea groups is 1.